The number of hydrogen-bond donors (Lipinski definition) is 1. The number of nitrogens with two attached hydrogens (primary N) is 1. The van der Waals surface area contributed by atoms with Gasteiger partial charge >= 0.3 is 0 Å². The lowest BCUT2D eigenvalue weighted by molar-refractivity contribution is 0.336. The fourth-order valence-corrected chi connectivity index (χ4v) is 1.19. The lowest BCUT2D eigenvalue weighted by atomic mass is 10.1. The topological polar surface area (TPSA) is 60.5 Å². The van der Waals surface area contributed by atoms with Gasteiger partial charge in [-0.05, 0) is 17.6 Å². The third-order valence-electron chi connectivity index (χ3n) is 2.25. The highest BCUT2D eigenvalue weighted by molar-refractivity contribution is 5.71. The Bertz CT molecular complexity index is 394. The van der Waals surface area contributed by atoms with Gasteiger partial charge < -0.3 is 10.5 Å². The number of aliphatic imine (C=N–C) groups is 1. The first-order valence-corrected chi connectivity index (χ1v) is 5.59. The van der Waals surface area contributed by atoms with Gasteiger partial charge in [0.25, 0.3) is 0 Å². The lowest BCUT2D eigenvalue weighted by Crippen LogP contribution is -2.10. The number of rotatable bonds is 5. The summed E-state index contributed by atoms with van der Waals surface area (Å²) < 4.78 is 5.43. The van der Waals surface area contributed by atoms with Gasteiger partial charge in [-0.3, -0.25) is 4.99 Å². The Morgan fingerprint density at radius 2 is 2.29 bits per heavy atom. The van der Waals surface area contributed by atoms with Crippen LogP contribution in [-0.2, 0) is 0 Å². The van der Waals surface area contributed by atoms with Crippen molar-refractivity contribution in [2.75, 3.05) is 13.7 Å². The van der Waals surface area contributed by atoms with Crippen LogP contribution in [0.3, 0.4) is 0 Å². The molecule has 0 spiro atoms. The van der Waals surface area contributed by atoms with Crippen LogP contribution in [0.1, 0.15) is 25.3 Å². The zero-order chi connectivity index (χ0) is 12.7. The summed E-state index contributed by atoms with van der Waals surface area (Å²) in [7, 11) is 1.69. The van der Waals surface area contributed by atoms with E-state index in [0.29, 0.717) is 24.1 Å². The van der Waals surface area contributed by atoms with Crippen LogP contribution in [0.2, 0.25) is 0 Å². The fourth-order valence-electron chi connectivity index (χ4n) is 1.19. The molecule has 2 N–H and O–H groups in total. The Hall–Kier alpha value is -1.84. The molecule has 0 fully saturated rings. The maximum atomic E-state index is 5.70. The smallest absolute Gasteiger partial charge is 0.213 e. The molecule has 0 saturated heterocycles. The molecule has 4 heteroatoms. The van der Waals surface area contributed by atoms with Crippen molar-refractivity contribution in [1.29, 1.82) is 0 Å². The quantitative estimate of drug-likeness (QED) is 0.792. The maximum absolute atomic E-state index is 5.70. The number of hydrogen-bond acceptors (Lipinski definition) is 4. The minimum Gasteiger partial charge on any atom is -0.471 e. The van der Waals surface area contributed by atoms with Gasteiger partial charge in [-0.1, -0.05) is 19.9 Å². The second kappa shape index (κ2) is 6.68. The summed E-state index contributed by atoms with van der Waals surface area (Å²) in [6.07, 6.45) is 5.17. The van der Waals surface area contributed by atoms with Crippen molar-refractivity contribution in [2.24, 2.45) is 10.7 Å². The van der Waals surface area contributed by atoms with E-state index in [1.807, 2.05) is 18.3 Å². The largest absolute Gasteiger partial charge is 0.471 e. The number of allylic oxidation sites excluding steroid dienone is 1. The van der Waals surface area contributed by atoms with E-state index in [-0.39, 0.29) is 0 Å². The molecule has 1 rings (SSSR count). The molecule has 0 aliphatic heterocycles. The first kappa shape index (κ1) is 13.2. The molecule has 0 atom stereocenters. The highest BCUT2D eigenvalue weighted by Gasteiger charge is 2.00. The third kappa shape index (κ3) is 4.68. The molecule has 17 heavy (non-hydrogen) atoms. The van der Waals surface area contributed by atoms with Crippen LogP contribution in [0.4, 0.5) is 0 Å². The van der Waals surface area contributed by atoms with Crippen molar-refractivity contribution in [1.82, 2.24) is 4.98 Å². The highest BCUT2D eigenvalue weighted by Crippen LogP contribution is 2.15. The fraction of sp³-hybridized carbons (Fsp3) is 0.385. The second-order valence-corrected chi connectivity index (χ2v) is 4.02. The van der Waals surface area contributed by atoms with Crippen LogP contribution in [0.25, 0.3) is 0 Å². The van der Waals surface area contributed by atoms with Crippen molar-refractivity contribution in [2.45, 2.75) is 19.8 Å². The van der Waals surface area contributed by atoms with Gasteiger partial charge in [-0.15, -0.1) is 0 Å². The molecule has 0 saturated carbocycles. The number of pyridine rings is 1. The predicted molar refractivity (Wildman–Crippen MR) is 70.5 cm³/mol. The zero-order valence-electron chi connectivity index (χ0n) is 10.6. The van der Waals surface area contributed by atoms with Crippen molar-refractivity contribution in [3.05, 3.63) is 35.7 Å². The minimum atomic E-state index is 0.319. The van der Waals surface area contributed by atoms with E-state index in [4.69, 9.17) is 10.5 Å². The van der Waals surface area contributed by atoms with Crippen LogP contribution in [0.15, 0.2) is 35.1 Å². The van der Waals surface area contributed by atoms with Gasteiger partial charge in [0.05, 0.1) is 0 Å². The molecule has 0 aromatic carbocycles. The van der Waals surface area contributed by atoms with Crippen molar-refractivity contribution >= 4 is 6.21 Å². The Morgan fingerprint density at radius 3 is 2.82 bits per heavy atom. The van der Waals surface area contributed by atoms with E-state index in [1.54, 1.807) is 19.3 Å². The summed E-state index contributed by atoms with van der Waals surface area (Å²) in [4.78, 5) is 8.02. The molecule has 1 heterocycles. The maximum Gasteiger partial charge on any atom is 0.213 e. The van der Waals surface area contributed by atoms with Crippen molar-refractivity contribution in [3.8, 4) is 5.88 Å². The van der Waals surface area contributed by atoms with Crippen LogP contribution >= 0.6 is 0 Å². The molecule has 4 nitrogen and oxygen atoms in total. The van der Waals surface area contributed by atoms with Crippen LogP contribution in [0.5, 0.6) is 5.88 Å². The van der Waals surface area contributed by atoms with E-state index in [0.717, 1.165) is 0 Å². The van der Waals surface area contributed by atoms with E-state index in [2.05, 4.69) is 23.8 Å². The molecule has 92 valence electrons. The Balaban J connectivity index is 2.52. The molecular formula is C13H19N3O. The summed E-state index contributed by atoms with van der Waals surface area (Å²) in [6, 6.07) is 3.87. The average molecular weight is 233 g/mol. The SMILES string of the molecule is CN=C/C=C(\N)COc1ccc(C(C)C)cn1. The molecule has 1 aromatic rings. The normalized spacial score (nSPS) is 12.4. The molecular weight excluding hydrogens is 214 g/mol. The van der Waals surface area contributed by atoms with E-state index >= 15 is 0 Å². The molecule has 1 aromatic heterocycles. The summed E-state index contributed by atoms with van der Waals surface area (Å²) in [5.74, 6) is 1.06. The van der Waals surface area contributed by atoms with Gasteiger partial charge in [-0.25, -0.2) is 4.98 Å². The molecule has 0 amide bonds. The second-order valence-electron chi connectivity index (χ2n) is 4.02. The van der Waals surface area contributed by atoms with Gasteiger partial charge in [0.2, 0.25) is 5.88 Å². The summed E-state index contributed by atoms with van der Waals surface area (Å²) in [5, 5.41) is 0. The van der Waals surface area contributed by atoms with E-state index < -0.39 is 0 Å². The van der Waals surface area contributed by atoms with Gasteiger partial charge in [0.15, 0.2) is 0 Å². The zero-order valence-corrected chi connectivity index (χ0v) is 10.6. The first-order chi connectivity index (χ1) is 8.13. The van der Waals surface area contributed by atoms with Gasteiger partial charge in [0.1, 0.15) is 6.61 Å². The summed E-state index contributed by atoms with van der Waals surface area (Å²) >= 11 is 0. The summed E-state index contributed by atoms with van der Waals surface area (Å²) in [6.45, 7) is 4.57. The number of aromatic nitrogens is 1. The molecule has 0 aliphatic carbocycles. The minimum absolute atomic E-state index is 0.319. The van der Waals surface area contributed by atoms with Crippen molar-refractivity contribution in [3.63, 3.8) is 0 Å². The van der Waals surface area contributed by atoms with Crippen LogP contribution in [0, 0.1) is 0 Å². The number of ether oxygens (including phenoxy) is 1. The number of nitrogens with zero attached hydrogens (tertiary/aromatic N) is 2. The third-order valence-corrected chi connectivity index (χ3v) is 2.25. The lowest BCUT2D eigenvalue weighted by Gasteiger charge is -2.07. The van der Waals surface area contributed by atoms with Crippen LogP contribution in [-0.4, -0.2) is 24.9 Å². The molecule has 0 unspecified atom stereocenters. The van der Waals surface area contributed by atoms with E-state index in [1.165, 1.54) is 5.56 Å². The summed E-state index contributed by atoms with van der Waals surface area (Å²) in [5.41, 5.74) is 7.51. The Labute approximate surface area is 102 Å². The standard InChI is InChI=1S/C13H19N3O/c1-10(2)11-4-5-13(16-8-11)17-9-12(14)6-7-15-3/h4-8,10H,9,14H2,1-3H3/b12-6-,15-7?. The highest BCUT2D eigenvalue weighted by atomic mass is 16.5. The van der Waals surface area contributed by atoms with Crippen molar-refractivity contribution < 1.29 is 4.74 Å². The van der Waals surface area contributed by atoms with E-state index in [9.17, 15) is 0 Å². The first-order valence-electron chi connectivity index (χ1n) is 5.59. The Morgan fingerprint density at radius 1 is 1.53 bits per heavy atom. The predicted octanol–water partition coefficient (Wildman–Crippen LogP) is 2.13. The molecule has 0 aliphatic rings. The Kier molecular flexibility index (Phi) is 5.20. The molecule has 0 bridgehead atoms. The van der Waals surface area contributed by atoms with Gasteiger partial charge in [-0.2, -0.15) is 0 Å². The monoisotopic (exact) mass is 233 g/mol. The molecule has 0 radical (unpaired) electrons. The van der Waals surface area contributed by atoms with Crippen LogP contribution < -0.4 is 10.5 Å². The van der Waals surface area contributed by atoms with Gasteiger partial charge in [0, 0.05) is 31.2 Å². The average Bonchev–Trinajstić information content (AvgIpc) is 2.34.